The summed E-state index contributed by atoms with van der Waals surface area (Å²) in [5.74, 6) is 0.0892. The number of carbonyl (C=O) groups is 2. The predicted molar refractivity (Wildman–Crippen MR) is 104 cm³/mol. The van der Waals surface area contributed by atoms with Gasteiger partial charge >= 0.3 is 0 Å². The maximum atomic E-state index is 14.1. The van der Waals surface area contributed by atoms with Crippen molar-refractivity contribution in [1.29, 1.82) is 0 Å². The summed E-state index contributed by atoms with van der Waals surface area (Å²) in [5.41, 5.74) is 1.33. The molecule has 3 rings (SSSR count). The van der Waals surface area contributed by atoms with Crippen molar-refractivity contribution in [2.75, 3.05) is 7.11 Å². The van der Waals surface area contributed by atoms with Crippen molar-refractivity contribution in [2.24, 2.45) is 0 Å². The lowest BCUT2D eigenvalue weighted by Gasteiger charge is -2.26. The molecule has 1 unspecified atom stereocenters. The topological polar surface area (TPSA) is 58.6 Å². The SMILES string of the molecule is COc1ccc(C(CC(=O)N(Cc2ccccc2F)C2CC2)NC(C)=O)cc1. The van der Waals surface area contributed by atoms with E-state index in [4.69, 9.17) is 4.74 Å². The van der Waals surface area contributed by atoms with Crippen LogP contribution in [-0.4, -0.2) is 29.9 Å². The molecule has 2 aromatic carbocycles. The number of carbonyl (C=O) groups excluding carboxylic acids is 2. The number of ether oxygens (including phenoxy) is 1. The van der Waals surface area contributed by atoms with E-state index in [0.717, 1.165) is 18.4 Å². The van der Waals surface area contributed by atoms with Crippen LogP contribution in [0.1, 0.15) is 43.4 Å². The summed E-state index contributed by atoms with van der Waals surface area (Å²) in [6.45, 7) is 1.67. The van der Waals surface area contributed by atoms with Gasteiger partial charge in [0.25, 0.3) is 0 Å². The minimum Gasteiger partial charge on any atom is -0.497 e. The van der Waals surface area contributed by atoms with Crippen molar-refractivity contribution < 1.29 is 18.7 Å². The first-order valence-electron chi connectivity index (χ1n) is 9.42. The number of hydrogen-bond acceptors (Lipinski definition) is 3. The Morgan fingerprint density at radius 1 is 1.18 bits per heavy atom. The van der Waals surface area contributed by atoms with Crippen LogP contribution in [-0.2, 0) is 16.1 Å². The number of hydrogen-bond donors (Lipinski definition) is 1. The van der Waals surface area contributed by atoms with Gasteiger partial charge in [0.05, 0.1) is 19.6 Å². The third-order valence-electron chi connectivity index (χ3n) is 4.88. The molecule has 1 atom stereocenters. The number of nitrogens with one attached hydrogen (secondary N) is 1. The van der Waals surface area contributed by atoms with Crippen LogP contribution in [0.2, 0.25) is 0 Å². The van der Waals surface area contributed by atoms with Gasteiger partial charge in [-0.15, -0.1) is 0 Å². The van der Waals surface area contributed by atoms with Crippen molar-refractivity contribution in [3.05, 3.63) is 65.5 Å². The Bertz CT molecular complexity index is 834. The zero-order chi connectivity index (χ0) is 20.1. The van der Waals surface area contributed by atoms with E-state index in [1.165, 1.54) is 13.0 Å². The first-order valence-corrected chi connectivity index (χ1v) is 9.42. The molecule has 1 aliphatic rings. The normalized spacial score (nSPS) is 14.2. The van der Waals surface area contributed by atoms with E-state index in [9.17, 15) is 14.0 Å². The fourth-order valence-electron chi connectivity index (χ4n) is 3.24. The van der Waals surface area contributed by atoms with Crippen LogP contribution < -0.4 is 10.1 Å². The molecule has 0 aromatic heterocycles. The molecule has 1 N–H and O–H groups in total. The summed E-state index contributed by atoms with van der Waals surface area (Å²) >= 11 is 0. The Kier molecular flexibility index (Phi) is 6.29. The van der Waals surface area contributed by atoms with E-state index in [1.54, 1.807) is 42.3 Å². The number of benzene rings is 2. The average molecular weight is 384 g/mol. The Hall–Kier alpha value is -2.89. The fourth-order valence-corrected chi connectivity index (χ4v) is 3.24. The summed E-state index contributed by atoms with van der Waals surface area (Å²) in [5, 5.41) is 2.85. The van der Waals surface area contributed by atoms with Gasteiger partial charge in [-0.3, -0.25) is 9.59 Å². The van der Waals surface area contributed by atoms with Gasteiger partial charge < -0.3 is 15.0 Å². The van der Waals surface area contributed by atoms with Crippen molar-refractivity contribution in [2.45, 2.75) is 44.8 Å². The molecule has 0 bridgehead atoms. The van der Waals surface area contributed by atoms with E-state index in [1.807, 2.05) is 12.1 Å². The minimum absolute atomic E-state index is 0.0969. The first kappa shape index (κ1) is 19.9. The molecule has 6 heteroatoms. The second-order valence-electron chi connectivity index (χ2n) is 7.07. The maximum absolute atomic E-state index is 14.1. The largest absolute Gasteiger partial charge is 0.497 e. The third-order valence-corrected chi connectivity index (χ3v) is 4.88. The number of nitrogens with zero attached hydrogens (tertiary/aromatic N) is 1. The Morgan fingerprint density at radius 3 is 2.43 bits per heavy atom. The van der Waals surface area contributed by atoms with Crippen LogP contribution >= 0.6 is 0 Å². The fraction of sp³-hybridized carbons (Fsp3) is 0.364. The molecule has 0 heterocycles. The molecule has 0 spiro atoms. The highest BCUT2D eigenvalue weighted by atomic mass is 19.1. The minimum atomic E-state index is -0.447. The molecule has 0 saturated heterocycles. The van der Waals surface area contributed by atoms with Crippen molar-refractivity contribution in [3.63, 3.8) is 0 Å². The van der Waals surface area contributed by atoms with Crippen molar-refractivity contribution >= 4 is 11.8 Å². The van der Waals surface area contributed by atoms with E-state index in [-0.39, 0.29) is 36.6 Å². The van der Waals surface area contributed by atoms with Gasteiger partial charge in [-0.25, -0.2) is 4.39 Å². The van der Waals surface area contributed by atoms with Crippen LogP contribution in [0.3, 0.4) is 0 Å². The van der Waals surface area contributed by atoms with Gasteiger partial charge in [0.15, 0.2) is 0 Å². The lowest BCUT2D eigenvalue weighted by Crippen LogP contribution is -2.37. The number of rotatable bonds is 8. The predicted octanol–water partition coefficient (Wildman–Crippen LogP) is 3.59. The Labute approximate surface area is 164 Å². The maximum Gasteiger partial charge on any atom is 0.225 e. The smallest absolute Gasteiger partial charge is 0.225 e. The Morgan fingerprint density at radius 2 is 1.86 bits per heavy atom. The quantitative estimate of drug-likeness (QED) is 0.757. The lowest BCUT2D eigenvalue weighted by molar-refractivity contribution is -0.133. The van der Waals surface area contributed by atoms with E-state index in [2.05, 4.69) is 5.32 Å². The second kappa shape index (κ2) is 8.87. The number of methoxy groups -OCH3 is 1. The summed E-state index contributed by atoms with van der Waals surface area (Å²) in [4.78, 5) is 26.5. The van der Waals surface area contributed by atoms with Crippen LogP contribution in [0, 0.1) is 5.82 Å². The highest BCUT2D eigenvalue weighted by molar-refractivity contribution is 5.79. The zero-order valence-electron chi connectivity index (χ0n) is 16.2. The molecule has 28 heavy (non-hydrogen) atoms. The van der Waals surface area contributed by atoms with Crippen LogP contribution in [0.5, 0.6) is 5.75 Å². The number of amides is 2. The van der Waals surface area contributed by atoms with E-state index < -0.39 is 6.04 Å². The van der Waals surface area contributed by atoms with Gasteiger partial charge in [0, 0.05) is 25.1 Å². The first-order chi connectivity index (χ1) is 13.5. The molecule has 2 aromatic rings. The van der Waals surface area contributed by atoms with Gasteiger partial charge in [-0.1, -0.05) is 30.3 Å². The average Bonchev–Trinajstić information content (AvgIpc) is 3.51. The highest BCUT2D eigenvalue weighted by Gasteiger charge is 2.34. The van der Waals surface area contributed by atoms with Gasteiger partial charge in [0.1, 0.15) is 11.6 Å². The molecular formula is C22H25FN2O3. The van der Waals surface area contributed by atoms with Crippen molar-refractivity contribution in [1.82, 2.24) is 10.2 Å². The van der Waals surface area contributed by atoms with E-state index >= 15 is 0 Å². The molecule has 1 saturated carbocycles. The van der Waals surface area contributed by atoms with Gasteiger partial charge in [0.2, 0.25) is 11.8 Å². The molecule has 2 amide bonds. The third kappa shape index (κ3) is 5.09. The molecule has 0 aliphatic heterocycles. The molecular weight excluding hydrogens is 359 g/mol. The standard InChI is InChI=1S/C22H25FN2O3/c1-15(26)24-21(16-7-11-19(28-2)12-8-16)13-22(27)25(18-9-10-18)14-17-5-3-4-6-20(17)23/h3-8,11-12,18,21H,9-10,13-14H2,1-2H3,(H,24,26). The van der Waals surface area contributed by atoms with Gasteiger partial charge in [-0.2, -0.15) is 0 Å². The lowest BCUT2D eigenvalue weighted by atomic mass is 10.0. The van der Waals surface area contributed by atoms with Gasteiger partial charge in [-0.05, 0) is 36.6 Å². The summed E-state index contributed by atoms with van der Waals surface area (Å²) < 4.78 is 19.2. The van der Waals surface area contributed by atoms with E-state index in [0.29, 0.717) is 11.3 Å². The monoisotopic (exact) mass is 384 g/mol. The van der Waals surface area contributed by atoms with Crippen LogP contribution in [0.25, 0.3) is 0 Å². The molecule has 5 nitrogen and oxygen atoms in total. The summed E-state index contributed by atoms with van der Waals surface area (Å²) in [6.07, 6.45) is 1.97. The molecule has 0 radical (unpaired) electrons. The van der Waals surface area contributed by atoms with Crippen molar-refractivity contribution in [3.8, 4) is 5.75 Å². The summed E-state index contributed by atoms with van der Waals surface area (Å²) in [6, 6.07) is 13.5. The Balaban J connectivity index is 1.76. The zero-order valence-corrected chi connectivity index (χ0v) is 16.2. The van der Waals surface area contributed by atoms with Crippen LogP contribution in [0.4, 0.5) is 4.39 Å². The molecule has 148 valence electrons. The summed E-state index contributed by atoms with van der Waals surface area (Å²) in [7, 11) is 1.58. The number of halogens is 1. The van der Waals surface area contributed by atoms with Crippen LogP contribution in [0.15, 0.2) is 48.5 Å². The highest BCUT2D eigenvalue weighted by Crippen LogP contribution is 2.31. The molecule has 1 aliphatic carbocycles. The molecule has 1 fully saturated rings. The second-order valence-corrected chi connectivity index (χ2v) is 7.07.